The van der Waals surface area contributed by atoms with Gasteiger partial charge in [-0.3, -0.25) is 0 Å². The Morgan fingerprint density at radius 1 is 1.05 bits per heavy atom. The van der Waals surface area contributed by atoms with Crippen LogP contribution in [-0.4, -0.2) is 6.10 Å². The Balaban J connectivity index is 2.02. The zero-order valence-corrected chi connectivity index (χ0v) is 13.5. The highest BCUT2D eigenvalue weighted by molar-refractivity contribution is 5.36. The van der Waals surface area contributed by atoms with Gasteiger partial charge in [-0.25, -0.2) is 4.39 Å². The number of ether oxygens (including phenoxy) is 1. The molecule has 0 aliphatic rings. The van der Waals surface area contributed by atoms with Crippen LogP contribution in [0.25, 0.3) is 0 Å². The Hall–Kier alpha value is -1.87. The van der Waals surface area contributed by atoms with Crippen molar-refractivity contribution >= 4 is 0 Å². The standard InChI is InChI=1S/C19H24FNO/c1-4-14(2)22-19-8-6-5-7-18(19)15(3)21-13-16-9-11-17(20)12-10-16/h5-12,14-15,21H,4,13H2,1-3H3. The highest BCUT2D eigenvalue weighted by Gasteiger charge is 2.12. The molecule has 0 aliphatic carbocycles. The lowest BCUT2D eigenvalue weighted by Crippen LogP contribution is -2.20. The van der Waals surface area contributed by atoms with Crippen LogP contribution in [0.3, 0.4) is 0 Å². The summed E-state index contributed by atoms with van der Waals surface area (Å²) in [5.74, 6) is 0.722. The molecule has 2 unspecified atom stereocenters. The fourth-order valence-corrected chi connectivity index (χ4v) is 2.23. The van der Waals surface area contributed by atoms with Gasteiger partial charge in [0.25, 0.3) is 0 Å². The third kappa shape index (κ3) is 4.57. The van der Waals surface area contributed by atoms with Gasteiger partial charge in [-0.15, -0.1) is 0 Å². The van der Waals surface area contributed by atoms with Crippen molar-refractivity contribution < 1.29 is 9.13 Å². The molecule has 2 rings (SSSR count). The van der Waals surface area contributed by atoms with Crippen LogP contribution < -0.4 is 10.1 Å². The molecule has 22 heavy (non-hydrogen) atoms. The molecule has 118 valence electrons. The molecule has 0 fully saturated rings. The summed E-state index contributed by atoms with van der Waals surface area (Å²) in [6.45, 7) is 7.00. The van der Waals surface area contributed by atoms with Gasteiger partial charge in [0.2, 0.25) is 0 Å². The molecule has 2 aromatic carbocycles. The molecule has 1 N–H and O–H groups in total. The lowest BCUT2D eigenvalue weighted by Gasteiger charge is -2.21. The maximum Gasteiger partial charge on any atom is 0.124 e. The highest BCUT2D eigenvalue weighted by Crippen LogP contribution is 2.26. The van der Waals surface area contributed by atoms with Gasteiger partial charge in [-0.05, 0) is 44.0 Å². The van der Waals surface area contributed by atoms with E-state index < -0.39 is 0 Å². The summed E-state index contributed by atoms with van der Waals surface area (Å²) in [5, 5.41) is 3.46. The number of hydrogen-bond acceptors (Lipinski definition) is 2. The van der Waals surface area contributed by atoms with Gasteiger partial charge in [0.1, 0.15) is 11.6 Å². The summed E-state index contributed by atoms with van der Waals surface area (Å²) >= 11 is 0. The molecular weight excluding hydrogens is 277 g/mol. The van der Waals surface area contributed by atoms with Crippen LogP contribution in [-0.2, 0) is 6.54 Å². The molecule has 0 amide bonds. The Morgan fingerprint density at radius 2 is 1.73 bits per heavy atom. The average Bonchev–Trinajstić information content (AvgIpc) is 2.54. The van der Waals surface area contributed by atoms with Gasteiger partial charge < -0.3 is 10.1 Å². The molecule has 0 radical (unpaired) electrons. The summed E-state index contributed by atoms with van der Waals surface area (Å²) in [7, 11) is 0. The summed E-state index contributed by atoms with van der Waals surface area (Å²) in [6.07, 6.45) is 1.18. The molecule has 0 spiro atoms. The molecule has 3 heteroatoms. The number of rotatable bonds is 7. The minimum absolute atomic E-state index is 0.158. The van der Waals surface area contributed by atoms with Crippen molar-refractivity contribution in [3.8, 4) is 5.75 Å². The van der Waals surface area contributed by atoms with E-state index >= 15 is 0 Å². The first-order chi connectivity index (χ1) is 10.6. The van der Waals surface area contributed by atoms with E-state index in [1.165, 1.54) is 12.1 Å². The van der Waals surface area contributed by atoms with Crippen LogP contribution in [0.1, 0.15) is 44.4 Å². The van der Waals surface area contributed by atoms with Crippen molar-refractivity contribution in [2.45, 2.75) is 45.9 Å². The van der Waals surface area contributed by atoms with Gasteiger partial charge in [-0.2, -0.15) is 0 Å². The molecule has 0 saturated carbocycles. The average molecular weight is 301 g/mol. The summed E-state index contributed by atoms with van der Waals surface area (Å²) in [6, 6.07) is 14.8. The quantitative estimate of drug-likeness (QED) is 0.789. The second-order valence-electron chi connectivity index (χ2n) is 5.60. The van der Waals surface area contributed by atoms with Crippen molar-refractivity contribution in [1.29, 1.82) is 0 Å². The first-order valence-corrected chi connectivity index (χ1v) is 7.83. The van der Waals surface area contributed by atoms with Gasteiger partial charge in [0.15, 0.2) is 0 Å². The van der Waals surface area contributed by atoms with E-state index in [4.69, 9.17) is 4.74 Å². The fourth-order valence-electron chi connectivity index (χ4n) is 2.23. The van der Waals surface area contributed by atoms with Gasteiger partial charge in [0.05, 0.1) is 6.10 Å². The minimum atomic E-state index is -0.205. The molecular formula is C19H24FNO. The molecule has 0 bridgehead atoms. The third-order valence-electron chi connectivity index (χ3n) is 3.81. The molecule has 2 aromatic rings. The van der Waals surface area contributed by atoms with E-state index in [1.54, 1.807) is 12.1 Å². The smallest absolute Gasteiger partial charge is 0.124 e. The monoisotopic (exact) mass is 301 g/mol. The first-order valence-electron chi connectivity index (χ1n) is 7.83. The van der Waals surface area contributed by atoms with Gasteiger partial charge in [0, 0.05) is 18.2 Å². The Morgan fingerprint density at radius 3 is 2.41 bits per heavy atom. The maximum atomic E-state index is 12.9. The predicted molar refractivity (Wildman–Crippen MR) is 88.5 cm³/mol. The van der Waals surface area contributed by atoms with Crippen LogP contribution in [0.15, 0.2) is 48.5 Å². The van der Waals surface area contributed by atoms with Gasteiger partial charge >= 0.3 is 0 Å². The number of halogens is 1. The molecule has 2 nitrogen and oxygen atoms in total. The summed E-state index contributed by atoms with van der Waals surface area (Å²) < 4.78 is 18.9. The molecule has 0 aliphatic heterocycles. The lowest BCUT2D eigenvalue weighted by atomic mass is 10.1. The number of nitrogens with one attached hydrogen (secondary N) is 1. The second-order valence-corrected chi connectivity index (χ2v) is 5.60. The van der Waals surface area contributed by atoms with Crippen LogP contribution in [0.2, 0.25) is 0 Å². The Kier molecular flexibility index (Phi) is 5.96. The van der Waals surface area contributed by atoms with Crippen molar-refractivity contribution in [2.24, 2.45) is 0 Å². The van der Waals surface area contributed by atoms with Gasteiger partial charge in [-0.1, -0.05) is 37.3 Å². The Bertz CT molecular complexity index is 582. The van der Waals surface area contributed by atoms with E-state index in [9.17, 15) is 4.39 Å². The highest BCUT2D eigenvalue weighted by atomic mass is 19.1. The van der Waals surface area contributed by atoms with Crippen molar-refractivity contribution in [2.75, 3.05) is 0 Å². The number of hydrogen-bond donors (Lipinski definition) is 1. The first kappa shape index (κ1) is 16.5. The second kappa shape index (κ2) is 7.95. The molecule has 0 saturated heterocycles. The van der Waals surface area contributed by atoms with Crippen molar-refractivity contribution in [1.82, 2.24) is 5.32 Å². The van der Waals surface area contributed by atoms with Crippen LogP contribution in [0.5, 0.6) is 5.75 Å². The zero-order valence-electron chi connectivity index (χ0n) is 13.5. The van der Waals surface area contributed by atoms with E-state index in [-0.39, 0.29) is 18.0 Å². The van der Waals surface area contributed by atoms with Crippen LogP contribution in [0, 0.1) is 5.82 Å². The van der Waals surface area contributed by atoms with E-state index in [2.05, 4.69) is 32.2 Å². The Labute approximate surface area is 132 Å². The normalized spacial score (nSPS) is 13.6. The lowest BCUT2D eigenvalue weighted by molar-refractivity contribution is 0.213. The summed E-state index contributed by atoms with van der Waals surface area (Å²) in [4.78, 5) is 0. The van der Waals surface area contributed by atoms with E-state index in [1.807, 2.05) is 18.2 Å². The van der Waals surface area contributed by atoms with Crippen LogP contribution in [0.4, 0.5) is 4.39 Å². The van der Waals surface area contributed by atoms with Crippen LogP contribution >= 0.6 is 0 Å². The third-order valence-corrected chi connectivity index (χ3v) is 3.81. The zero-order chi connectivity index (χ0) is 15.9. The SMILES string of the molecule is CCC(C)Oc1ccccc1C(C)NCc1ccc(F)cc1. The minimum Gasteiger partial charge on any atom is -0.490 e. The predicted octanol–water partition coefficient (Wildman–Crippen LogP) is 4.85. The van der Waals surface area contributed by atoms with Crippen molar-refractivity contribution in [3.63, 3.8) is 0 Å². The largest absolute Gasteiger partial charge is 0.490 e. The topological polar surface area (TPSA) is 21.3 Å². The van der Waals surface area contributed by atoms with E-state index in [0.717, 1.165) is 23.3 Å². The summed E-state index contributed by atoms with van der Waals surface area (Å²) in [5.41, 5.74) is 2.21. The van der Waals surface area contributed by atoms with Crippen molar-refractivity contribution in [3.05, 3.63) is 65.5 Å². The fraction of sp³-hybridized carbons (Fsp3) is 0.368. The molecule has 2 atom stereocenters. The maximum absolute atomic E-state index is 12.9. The number of para-hydroxylation sites is 1. The number of benzene rings is 2. The molecule has 0 heterocycles. The van der Waals surface area contributed by atoms with E-state index in [0.29, 0.717) is 6.54 Å². The molecule has 0 aromatic heterocycles.